The molecule has 2 fully saturated rings. The standard InChI is InChI=1S/C18H22N2O4/c1-19(16(21)12-8-9-12)15-7-3-2-6-14(15)17(22)20-10-4-5-13(11-20)18(23)24/h2-3,6-7,12-13H,4-5,8-11H2,1H3,(H,23,24)/t13-/m0/s1. The number of benzene rings is 1. The fourth-order valence-corrected chi connectivity index (χ4v) is 3.20. The summed E-state index contributed by atoms with van der Waals surface area (Å²) in [6, 6.07) is 7.05. The molecule has 0 bridgehead atoms. The predicted molar refractivity (Wildman–Crippen MR) is 88.8 cm³/mol. The number of hydrogen-bond acceptors (Lipinski definition) is 3. The summed E-state index contributed by atoms with van der Waals surface area (Å²) in [5, 5.41) is 9.20. The largest absolute Gasteiger partial charge is 0.481 e. The second-order valence-corrected chi connectivity index (χ2v) is 6.62. The number of hydrogen-bond donors (Lipinski definition) is 1. The summed E-state index contributed by atoms with van der Waals surface area (Å²) in [5.74, 6) is -1.46. The summed E-state index contributed by atoms with van der Waals surface area (Å²) in [6.07, 6.45) is 3.10. The van der Waals surface area contributed by atoms with Gasteiger partial charge in [0.2, 0.25) is 5.91 Å². The SMILES string of the molecule is CN(C(=O)C1CC1)c1ccccc1C(=O)N1CCC[C@H](C(=O)O)C1. The van der Waals surface area contributed by atoms with Crippen LogP contribution in [-0.2, 0) is 9.59 Å². The number of carbonyl (C=O) groups excluding carboxylic acids is 2. The maximum Gasteiger partial charge on any atom is 0.308 e. The van der Waals surface area contributed by atoms with E-state index in [0.29, 0.717) is 30.6 Å². The molecule has 0 aromatic heterocycles. The quantitative estimate of drug-likeness (QED) is 0.916. The van der Waals surface area contributed by atoms with Crippen LogP contribution in [0.5, 0.6) is 0 Å². The van der Waals surface area contributed by atoms with Crippen molar-refractivity contribution in [2.45, 2.75) is 25.7 Å². The molecule has 1 aliphatic carbocycles. The van der Waals surface area contributed by atoms with Crippen molar-refractivity contribution in [3.63, 3.8) is 0 Å². The van der Waals surface area contributed by atoms with Crippen molar-refractivity contribution in [1.82, 2.24) is 4.90 Å². The highest BCUT2D eigenvalue weighted by Gasteiger charge is 2.34. The Kier molecular flexibility index (Phi) is 4.55. The summed E-state index contributed by atoms with van der Waals surface area (Å²) < 4.78 is 0. The molecule has 1 N–H and O–H groups in total. The lowest BCUT2D eigenvalue weighted by Gasteiger charge is -2.32. The number of likely N-dealkylation sites (tertiary alicyclic amines) is 1. The van der Waals surface area contributed by atoms with Gasteiger partial charge in [0.15, 0.2) is 0 Å². The van der Waals surface area contributed by atoms with Gasteiger partial charge in [-0.05, 0) is 37.8 Å². The van der Waals surface area contributed by atoms with E-state index < -0.39 is 11.9 Å². The van der Waals surface area contributed by atoms with Crippen molar-refractivity contribution >= 4 is 23.5 Å². The lowest BCUT2D eigenvalue weighted by Crippen LogP contribution is -2.43. The number of nitrogens with zero attached hydrogens (tertiary/aromatic N) is 2. The second kappa shape index (κ2) is 6.63. The average Bonchev–Trinajstić information content (AvgIpc) is 3.45. The van der Waals surface area contributed by atoms with E-state index >= 15 is 0 Å². The highest BCUT2D eigenvalue weighted by molar-refractivity contribution is 6.05. The molecular formula is C18H22N2O4. The number of carbonyl (C=O) groups is 3. The highest BCUT2D eigenvalue weighted by Crippen LogP contribution is 2.33. The Hall–Kier alpha value is -2.37. The minimum absolute atomic E-state index is 0.0392. The predicted octanol–water partition coefficient (Wildman–Crippen LogP) is 2.00. The number of anilines is 1. The molecule has 0 unspecified atom stereocenters. The normalized spacial score (nSPS) is 20.5. The molecule has 24 heavy (non-hydrogen) atoms. The number of aliphatic carboxylic acids is 1. The second-order valence-electron chi connectivity index (χ2n) is 6.62. The number of rotatable bonds is 4. The Morgan fingerprint density at radius 3 is 2.50 bits per heavy atom. The third-order valence-corrected chi connectivity index (χ3v) is 4.81. The van der Waals surface area contributed by atoms with Gasteiger partial charge in [-0.15, -0.1) is 0 Å². The monoisotopic (exact) mass is 330 g/mol. The molecule has 3 rings (SSSR count). The van der Waals surface area contributed by atoms with Gasteiger partial charge in [-0.1, -0.05) is 12.1 Å². The fourth-order valence-electron chi connectivity index (χ4n) is 3.20. The molecule has 1 aliphatic heterocycles. The number of piperidine rings is 1. The molecule has 1 aromatic rings. The first-order valence-corrected chi connectivity index (χ1v) is 8.37. The van der Waals surface area contributed by atoms with Crippen molar-refractivity contribution in [2.24, 2.45) is 11.8 Å². The molecule has 1 aromatic carbocycles. The molecule has 1 saturated heterocycles. The van der Waals surface area contributed by atoms with Gasteiger partial charge in [-0.3, -0.25) is 14.4 Å². The van der Waals surface area contributed by atoms with Gasteiger partial charge in [0, 0.05) is 26.1 Å². The van der Waals surface area contributed by atoms with E-state index in [1.807, 2.05) is 0 Å². The van der Waals surface area contributed by atoms with Crippen molar-refractivity contribution in [3.8, 4) is 0 Å². The number of para-hydroxylation sites is 1. The molecular weight excluding hydrogens is 308 g/mol. The van der Waals surface area contributed by atoms with E-state index in [-0.39, 0.29) is 24.3 Å². The lowest BCUT2D eigenvalue weighted by atomic mass is 9.97. The molecule has 6 nitrogen and oxygen atoms in total. The zero-order chi connectivity index (χ0) is 17.3. The maximum atomic E-state index is 12.9. The van der Waals surface area contributed by atoms with Gasteiger partial charge >= 0.3 is 5.97 Å². The maximum absolute atomic E-state index is 12.9. The summed E-state index contributed by atoms with van der Waals surface area (Å²) in [6.45, 7) is 0.778. The molecule has 1 saturated carbocycles. The third-order valence-electron chi connectivity index (χ3n) is 4.81. The van der Waals surface area contributed by atoms with Gasteiger partial charge in [-0.25, -0.2) is 0 Å². The summed E-state index contributed by atoms with van der Waals surface area (Å²) in [4.78, 5) is 39.6. The van der Waals surface area contributed by atoms with E-state index in [0.717, 1.165) is 12.8 Å². The van der Waals surface area contributed by atoms with Crippen molar-refractivity contribution < 1.29 is 19.5 Å². The number of amides is 2. The van der Waals surface area contributed by atoms with E-state index in [4.69, 9.17) is 0 Å². The molecule has 6 heteroatoms. The summed E-state index contributed by atoms with van der Waals surface area (Å²) >= 11 is 0. The van der Waals surface area contributed by atoms with Crippen LogP contribution < -0.4 is 4.90 Å². The molecule has 2 aliphatic rings. The zero-order valence-corrected chi connectivity index (χ0v) is 13.8. The van der Waals surface area contributed by atoms with Crippen LogP contribution in [0.3, 0.4) is 0 Å². The van der Waals surface area contributed by atoms with Crippen LogP contribution in [0.15, 0.2) is 24.3 Å². The summed E-state index contributed by atoms with van der Waals surface area (Å²) in [7, 11) is 1.70. The van der Waals surface area contributed by atoms with Crippen LogP contribution in [0.25, 0.3) is 0 Å². The smallest absolute Gasteiger partial charge is 0.308 e. The van der Waals surface area contributed by atoms with Crippen LogP contribution in [0, 0.1) is 11.8 Å². The highest BCUT2D eigenvalue weighted by atomic mass is 16.4. The molecule has 2 amide bonds. The number of carboxylic acid groups (broad SMARTS) is 1. The van der Waals surface area contributed by atoms with E-state index in [9.17, 15) is 19.5 Å². The fraction of sp³-hybridized carbons (Fsp3) is 0.500. The first kappa shape index (κ1) is 16.5. The first-order valence-electron chi connectivity index (χ1n) is 8.37. The van der Waals surface area contributed by atoms with Gasteiger partial charge < -0.3 is 14.9 Å². The van der Waals surface area contributed by atoms with Crippen LogP contribution in [0.2, 0.25) is 0 Å². The van der Waals surface area contributed by atoms with Crippen LogP contribution >= 0.6 is 0 Å². The van der Waals surface area contributed by atoms with Crippen molar-refractivity contribution in [2.75, 3.05) is 25.0 Å². The molecule has 1 heterocycles. The molecule has 1 atom stereocenters. The van der Waals surface area contributed by atoms with E-state index in [2.05, 4.69) is 0 Å². The van der Waals surface area contributed by atoms with Crippen molar-refractivity contribution in [3.05, 3.63) is 29.8 Å². The first-order chi connectivity index (χ1) is 11.5. The minimum atomic E-state index is -0.859. The Balaban J connectivity index is 1.82. The van der Waals surface area contributed by atoms with Crippen LogP contribution in [0.4, 0.5) is 5.69 Å². The third kappa shape index (κ3) is 3.27. The molecule has 128 valence electrons. The van der Waals surface area contributed by atoms with Gasteiger partial charge in [0.05, 0.1) is 17.2 Å². The Morgan fingerprint density at radius 1 is 1.12 bits per heavy atom. The van der Waals surface area contributed by atoms with Gasteiger partial charge in [0.25, 0.3) is 5.91 Å². The van der Waals surface area contributed by atoms with Gasteiger partial charge in [0.1, 0.15) is 0 Å². The Labute approximate surface area is 141 Å². The topological polar surface area (TPSA) is 77.9 Å². The lowest BCUT2D eigenvalue weighted by molar-refractivity contribution is -0.143. The van der Waals surface area contributed by atoms with Gasteiger partial charge in [-0.2, -0.15) is 0 Å². The van der Waals surface area contributed by atoms with E-state index in [1.54, 1.807) is 41.1 Å². The average molecular weight is 330 g/mol. The van der Waals surface area contributed by atoms with Crippen LogP contribution in [-0.4, -0.2) is 47.9 Å². The molecule has 0 radical (unpaired) electrons. The Morgan fingerprint density at radius 2 is 1.83 bits per heavy atom. The van der Waals surface area contributed by atoms with Crippen LogP contribution in [0.1, 0.15) is 36.0 Å². The number of carboxylic acids is 1. The molecule has 0 spiro atoms. The van der Waals surface area contributed by atoms with Crippen molar-refractivity contribution in [1.29, 1.82) is 0 Å². The zero-order valence-electron chi connectivity index (χ0n) is 13.8. The Bertz CT molecular complexity index is 669. The minimum Gasteiger partial charge on any atom is -0.481 e. The summed E-state index contributed by atoms with van der Waals surface area (Å²) in [5.41, 5.74) is 1.05. The van der Waals surface area contributed by atoms with E-state index in [1.165, 1.54) is 0 Å².